The molecule has 2 aliphatic rings. The Labute approximate surface area is 221 Å². The number of hydrogen-bond acceptors (Lipinski definition) is 9. The number of aliphatic hydroxyl groups excluding tert-OH is 2. The average Bonchev–Trinajstić information content (AvgIpc) is 3.12. The van der Waals surface area contributed by atoms with Crippen molar-refractivity contribution < 1.29 is 40.2 Å². The van der Waals surface area contributed by atoms with E-state index in [-0.39, 0.29) is 23.3 Å². The Hall–Kier alpha value is -2.34. The summed E-state index contributed by atoms with van der Waals surface area (Å²) < 4.78 is 67.9. The Balaban J connectivity index is 1.64. The van der Waals surface area contributed by atoms with E-state index in [1.165, 1.54) is 0 Å². The molecule has 210 valence electrons. The molecule has 0 radical (unpaired) electrons. The molecule has 0 saturated carbocycles. The molecule has 38 heavy (non-hydrogen) atoms. The van der Waals surface area contributed by atoms with Crippen molar-refractivity contribution in [3.05, 3.63) is 61.4 Å². The smallest absolute Gasteiger partial charge is 0.403 e. The van der Waals surface area contributed by atoms with Crippen LogP contribution in [0.3, 0.4) is 0 Å². The zero-order chi connectivity index (χ0) is 30.1. The maximum atomic E-state index is 16.0. The molecule has 1 aromatic carbocycles. The van der Waals surface area contributed by atoms with Gasteiger partial charge in [-0.2, -0.15) is 0 Å². The molecule has 0 aliphatic carbocycles. The molecule has 1 fully saturated rings. The van der Waals surface area contributed by atoms with E-state index in [4.69, 9.17) is 21.0 Å². The highest BCUT2D eigenvalue weighted by atomic mass is 31.2. The topological polar surface area (TPSA) is 149 Å². The fourth-order valence-electron chi connectivity index (χ4n) is 4.17. The minimum Gasteiger partial charge on any atom is -0.403 e. The number of phosphoric acid groups is 1. The number of nitrogens with zero attached hydrogens (tertiary/aromatic N) is 1. The number of rotatable bonds is 5. The van der Waals surface area contributed by atoms with Gasteiger partial charge in [-0.1, -0.05) is 47.6 Å². The number of alkyl halides is 1. The van der Waals surface area contributed by atoms with Gasteiger partial charge < -0.3 is 19.5 Å². The highest BCUT2D eigenvalue weighted by molar-refractivity contribution is 7.49. The summed E-state index contributed by atoms with van der Waals surface area (Å²) in [6.07, 6.45) is -3.78. The number of phosphoric ester groups is 1. The van der Waals surface area contributed by atoms with Crippen LogP contribution in [0.25, 0.3) is 0 Å². The van der Waals surface area contributed by atoms with Crippen molar-refractivity contribution in [3.8, 4) is 5.75 Å². The van der Waals surface area contributed by atoms with Crippen molar-refractivity contribution in [2.75, 3.05) is 6.56 Å². The molecule has 2 aliphatic heterocycles. The number of benzene rings is 1. The zero-order valence-corrected chi connectivity index (χ0v) is 22.9. The van der Waals surface area contributed by atoms with Crippen molar-refractivity contribution >= 4 is 7.82 Å². The van der Waals surface area contributed by atoms with E-state index >= 15 is 4.39 Å². The minimum atomic E-state index is -4.78. The molecular formula is C25H34FN2O9P. The maximum absolute atomic E-state index is 16.0. The van der Waals surface area contributed by atoms with Crippen LogP contribution < -0.4 is 15.8 Å². The molecule has 1 unspecified atom stereocenters. The lowest BCUT2D eigenvalue weighted by Crippen LogP contribution is -2.37. The van der Waals surface area contributed by atoms with Gasteiger partial charge in [-0.05, 0) is 22.5 Å². The average molecular weight is 559 g/mol. The second-order valence-corrected chi connectivity index (χ2v) is 13.0. The van der Waals surface area contributed by atoms with Crippen LogP contribution in [0.1, 0.15) is 79.2 Å². The van der Waals surface area contributed by atoms with Gasteiger partial charge >= 0.3 is 13.5 Å². The van der Waals surface area contributed by atoms with Crippen LogP contribution in [-0.2, 0) is 42.4 Å². The van der Waals surface area contributed by atoms with E-state index in [1.54, 1.807) is 0 Å². The van der Waals surface area contributed by atoms with Crippen LogP contribution in [0.15, 0.2) is 27.9 Å². The predicted molar refractivity (Wildman–Crippen MR) is 135 cm³/mol. The van der Waals surface area contributed by atoms with Crippen molar-refractivity contribution in [2.24, 2.45) is 0 Å². The molecule has 0 bridgehead atoms. The molecule has 1 saturated heterocycles. The quantitative estimate of drug-likeness (QED) is 0.470. The van der Waals surface area contributed by atoms with Crippen LogP contribution in [0.4, 0.5) is 4.39 Å². The summed E-state index contributed by atoms with van der Waals surface area (Å²) in [5, 5.41) is 19.8. The van der Waals surface area contributed by atoms with Gasteiger partial charge in [-0.15, -0.1) is 0 Å². The summed E-state index contributed by atoms with van der Waals surface area (Å²) in [4.78, 5) is 25.9. The van der Waals surface area contributed by atoms with Crippen LogP contribution in [0.2, 0.25) is 0 Å². The number of ether oxygens (including phenoxy) is 1. The highest BCUT2D eigenvalue weighted by Crippen LogP contribution is 2.58. The van der Waals surface area contributed by atoms with E-state index in [2.05, 4.69) is 0 Å². The largest absolute Gasteiger partial charge is 0.530 e. The molecule has 13 heteroatoms. The Morgan fingerprint density at radius 3 is 2.55 bits per heavy atom. The monoisotopic (exact) mass is 558 g/mol. The lowest BCUT2D eigenvalue weighted by molar-refractivity contribution is -0.179. The second-order valence-electron chi connectivity index (χ2n) is 11.5. The number of H-pyrrole nitrogens is 1. The van der Waals surface area contributed by atoms with Gasteiger partial charge in [-0.3, -0.25) is 23.4 Å². The molecule has 11 nitrogen and oxygen atoms in total. The van der Waals surface area contributed by atoms with Crippen molar-refractivity contribution in [2.45, 2.75) is 90.2 Å². The summed E-state index contributed by atoms with van der Waals surface area (Å²) in [6, 6.07) is 3.74. The fraction of sp³-hybridized carbons (Fsp3) is 0.600. The fourth-order valence-corrected chi connectivity index (χ4v) is 5.30. The number of halogens is 1. The van der Waals surface area contributed by atoms with Crippen molar-refractivity contribution in [1.29, 1.82) is 0 Å². The van der Waals surface area contributed by atoms with Crippen LogP contribution in [-0.4, -0.2) is 38.3 Å². The Kier molecular flexibility index (Phi) is 6.61. The molecule has 1 aromatic heterocycles. The van der Waals surface area contributed by atoms with Crippen LogP contribution >= 0.6 is 7.82 Å². The summed E-state index contributed by atoms with van der Waals surface area (Å²) >= 11 is 0. The molecule has 0 spiro atoms. The summed E-state index contributed by atoms with van der Waals surface area (Å²) in [5.74, 6) is -3.25. The normalized spacial score (nSPS) is 28.9. The van der Waals surface area contributed by atoms with Gasteiger partial charge in [0.1, 0.15) is 18.4 Å². The van der Waals surface area contributed by atoms with Gasteiger partial charge in [0.25, 0.3) is 5.56 Å². The number of aromatic nitrogens is 2. The van der Waals surface area contributed by atoms with E-state index in [9.17, 15) is 24.4 Å². The Morgan fingerprint density at radius 1 is 1.26 bits per heavy atom. The third-order valence-corrected chi connectivity index (χ3v) is 7.49. The Bertz CT molecular complexity index is 1480. The van der Waals surface area contributed by atoms with Gasteiger partial charge in [-0.25, -0.2) is 13.8 Å². The van der Waals surface area contributed by atoms with E-state index in [0.717, 1.165) is 11.8 Å². The predicted octanol–water partition coefficient (Wildman–Crippen LogP) is 3.30. The molecule has 2 aromatic rings. The number of aliphatic hydroxyl groups is 2. The van der Waals surface area contributed by atoms with Gasteiger partial charge in [0, 0.05) is 23.7 Å². The zero-order valence-electron chi connectivity index (χ0n) is 24.0. The number of nitrogens with one attached hydrogen (secondary N) is 1. The number of fused-ring (bicyclic) bond motifs is 1. The van der Waals surface area contributed by atoms with E-state index in [1.807, 2.05) is 58.7 Å². The molecule has 4 atom stereocenters. The van der Waals surface area contributed by atoms with Crippen LogP contribution in [0.5, 0.6) is 5.75 Å². The third kappa shape index (κ3) is 5.66. The SMILES string of the molecule is [2H]C([2H])(OP1(=O)OCc2cc(C(C)(C)C)cc(C(C)(C)C)c2O1)[C@]1(F)C[C@@H](O)[C@H](n2cc(CO)c(=O)[nH]c2=O)O1. The standard InChI is InChI=1S/C25H34FN2O9P/c1-23(2,3)16-7-14-12-34-38(33,37-19(14)17(8-16)24(4,5)6)35-13-25(26)9-18(30)21(36-25)28-10-15(11-29)20(31)27-22(28)32/h7-8,10,18,21,29-30H,9,11-13H2,1-6H3,(H,27,31,32)/t18-,21-,25+,38?/m1/s1/i13D2. The third-order valence-electron chi connectivity index (χ3n) is 6.33. The minimum absolute atomic E-state index is 0.181. The Morgan fingerprint density at radius 2 is 1.95 bits per heavy atom. The first-order valence-electron chi connectivity index (χ1n) is 13.0. The molecular weight excluding hydrogens is 522 g/mol. The molecule has 3 N–H and O–H groups in total. The maximum Gasteiger partial charge on any atom is 0.530 e. The summed E-state index contributed by atoms with van der Waals surface area (Å²) in [6.45, 7) is 7.32. The van der Waals surface area contributed by atoms with E-state index in [0.29, 0.717) is 15.7 Å². The van der Waals surface area contributed by atoms with Gasteiger partial charge in [0.05, 0.1) is 21.5 Å². The molecule has 3 heterocycles. The van der Waals surface area contributed by atoms with Crippen molar-refractivity contribution in [1.82, 2.24) is 9.55 Å². The van der Waals surface area contributed by atoms with Gasteiger partial charge in [0.15, 0.2) is 6.23 Å². The van der Waals surface area contributed by atoms with Gasteiger partial charge in [0.2, 0.25) is 5.85 Å². The summed E-state index contributed by atoms with van der Waals surface area (Å²) in [5.41, 5.74) is -0.775. The highest BCUT2D eigenvalue weighted by Gasteiger charge is 2.50. The second kappa shape index (κ2) is 9.69. The lowest BCUT2D eigenvalue weighted by Gasteiger charge is -2.33. The summed E-state index contributed by atoms with van der Waals surface area (Å²) in [7, 11) is -4.78. The van der Waals surface area contributed by atoms with Crippen molar-refractivity contribution in [3.63, 3.8) is 0 Å². The number of aromatic amines is 1. The van der Waals surface area contributed by atoms with E-state index < -0.39 is 62.3 Å². The van der Waals surface area contributed by atoms with Crippen LogP contribution in [0, 0.1) is 0 Å². The lowest BCUT2D eigenvalue weighted by atomic mass is 9.79. The first-order valence-corrected chi connectivity index (χ1v) is 13.5. The number of hydrogen-bond donors (Lipinski definition) is 3. The molecule has 4 rings (SSSR count). The first-order chi connectivity index (χ1) is 18.2. The first kappa shape index (κ1) is 25.9. The molecule has 0 amide bonds.